The van der Waals surface area contributed by atoms with E-state index in [2.05, 4.69) is 11.8 Å². The molecule has 2 aromatic carbocycles. The number of anilines is 3. The fraction of sp³-hybridized carbons (Fsp3) is 0.294. The Hall–Kier alpha value is -2.10. The Bertz CT molecular complexity index is 642. The van der Waals surface area contributed by atoms with Gasteiger partial charge in [-0.05, 0) is 30.7 Å². The second-order valence-electron chi connectivity index (χ2n) is 5.27. The van der Waals surface area contributed by atoms with Crippen molar-refractivity contribution in [3.63, 3.8) is 0 Å². The van der Waals surface area contributed by atoms with Gasteiger partial charge in [-0.25, -0.2) is 8.78 Å². The molecule has 2 nitrogen and oxygen atoms in total. The topological polar surface area (TPSA) is 6.48 Å². The van der Waals surface area contributed by atoms with Gasteiger partial charge in [-0.15, -0.1) is 0 Å². The van der Waals surface area contributed by atoms with Crippen molar-refractivity contribution in [1.29, 1.82) is 0 Å². The van der Waals surface area contributed by atoms with Gasteiger partial charge in [0.05, 0.1) is 23.7 Å². The number of hydrogen-bond donors (Lipinski definition) is 0. The van der Waals surface area contributed by atoms with Gasteiger partial charge in [0.2, 0.25) is 0 Å². The van der Waals surface area contributed by atoms with Crippen molar-refractivity contribution in [3.8, 4) is 0 Å². The van der Waals surface area contributed by atoms with E-state index in [1.54, 1.807) is 0 Å². The molecule has 0 saturated carbocycles. The molecule has 0 saturated heterocycles. The van der Waals surface area contributed by atoms with E-state index < -0.39 is 11.6 Å². The van der Waals surface area contributed by atoms with Crippen LogP contribution in [0.4, 0.5) is 25.8 Å². The van der Waals surface area contributed by atoms with E-state index >= 15 is 0 Å². The van der Waals surface area contributed by atoms with Gasteiger partial charge in [-0.1, -0.05) is 25.5 Å². The largest absolute Gasteiger partial charge is 0.352 e. The molecule has 0 bridgehead atoms. The molecule has 1 heterocycles. The van der Waals surface area contributed by atoms with Crippen molar-refractivity contribution >= 4 is 17.1 Å². The van der Waals surface area contributed by atoms with Crippen LogP contribution in [0.3, 0.4) is 0 Å². The Morgan fingerprint density at radius 1 is 1.00 bits per heavy atom. The summed E-state index contributed by atoms with van der Waals surface area (Å²) < 4.78 is 27.2. The van der Waals surface area contributed by atoms with Crippen molar-refractivity contribution in [2.45, 2.75) is 19.8 Å². The molecule has 1 aliphatic rings. The smallest absolute Gasteiger partial charge is 0.149 e. The van der Waals surface area contributed by atoms with Crippen molar-refractivity contribution in [3.05, 3.63) is 54.1 Å². The zero-order chi connectivity index (χ0) is 14.8. The monoisotopic (exact) mass is 288 g/mol. The summed E-state index contributed by atoms with van der Waals surface area (Å²) in [5.41, 5.74) is 2.50. The predicted octanol–water partition coefficient (Wildman–Crippen LogP) is 4.68. The lowest BCUT2D eigenvalue weighted by Crippen LogP contribution is -2.29. The minimum Gasteiger partial charge on any atom is -0.352 e. The summed E-state index contributed by atoms with van der Waals surface area (Å²) in [5, 5.41) is 0. The van der Waals surface area contributed by atoms with Crippen LogP contribution in [0.5, 0.6) is 0 Å². The number of para-hydroxylation sites is 2. The van der Waals surface area contributed by atoms with Crippen molar-refractivity contribution in [2.75, 3.05) is 23.0 Å². The maximum absolute atomic E-state index is 14.1. The summed E-state index contributed by atoms with van der Waals surface area (Å²) in [4.78, 5) is 4.14. The highest BCUT2D eigenvalue weighted by Crippen LogP contribution is 2.41. The molecule has 110 valence electrons. The third-order valence-electron chi connectivity index (χ3n) is 3.81. The molecule has 0 radical (unpaired) electrons. The van der Waals surface area contributed by atoms with Gasteiger partial charge in [-0.3, -0.25) is 0 Å². The van der Waals surface area contributed by atoms with Crippen LogP contribution in [0.25, 0.3) is 0 Å². The Labute approximate surface area is 123 Å². The van der Waals surface area contributed by atoms with E-state index in [4.69, 9.17) is 0 Å². The zero-order valence-electron chi connectivity index (χ0n) is 12.0. The highest BCUT2D eigenvalue weighted by Gasteiger charge is 2.27. The van der Waals surface area contributed by atoms with Gasteiger partial charge in [0.25, 0.3) is 0 Å². The minimum absolute atomic E-state index is 0.419. The van der Waals surface area contributed by atoms with Crippen LogP contribution < -0.4 is 9.80 Å². The first-order valence-electron chi connectivity index (χ1n) is 7.27. The molecule has 21 heavy (non-hydrogen) atoms. The lowest BCUT2D eigenvalue weighted by Gasteiger charge is -2.22. The molecule has 0 spiro atoms. The molecule has 2 aromatic rings. The highest BCUT2D eigenvalue weighted by atomic mass is 19.1. The average Bonchev–Trinajstić information content (AvgIpc) is 2.84. The van der Waals surface area contributed by atoms with E-state index in [0.717, 1.165) is 36.8 Å². The molecule has 0 fully saturated rings. The number of benzene rings is 2. The third kappa shape index (κ3) is 2.58. The van der Waals surface area contributed by atoms with Crippen LogP contribution in [0.15, 0.2) is 42.5 Å². The maximum Gasteiger partial charge on any atom is 0.149 e. The van der Waals surface area contributed by atoms with Crippen LogP contribution in [-0.4, -0.2) is 13.2 Å². The Morgan fingerprint density at radius 3 is 2.48 bits per heavy atom. The number of unbranched alkanes of at least 4 members (excludes halogenated alkanes) is 1. The molecule has 0 atom stereocenters. The van der Waals surface area contributed by atoms with E-state index in [9.17, 15) is 8.78 Å². The molecule has 0 amide bonds. The maximum atomic E-state index is 14.1. The molecule has 0 unspecified atom stereocenters. The quantitative estimate of drug-likeness (QED) is 0.806. The van der Waals surface area contributed by atoms with E-state index in [-0.39, 0.29) is 0 Å². The third-order valence-corrected chi connectivity index (χ3v) is 3.81. The van der Waals surface area contributed by atoms with Gasteiger partial charge in [-0.2, -0.15) is 0 Å². The Morgan fingerprint density at radius 2 is 1.76 bits per heavy atom. The van der Waals surface area contributed by atoms with Crippen molar-refractivity contribution < 1.29 is 8.78 Å². The lowest BCUT2D eigenvalue weighted by molar-refractivity contribution is 0.582. The van der Waals surface area contributed by atoms with Gasteiger partial charge in [0, 0.05) is 12.6 Å². The molecule has 0 aromatic heterocycles. The standard InChI is InChI=1S/C17H18F2N2/c1-2-3-10-20-12-21(17-7-5-4-6-16(17)20)15-9-8-13(18)11-14(15)19/h4-9,11H,2-3,10,12H2,1H3. The van der Waals surface area contributed by atoms with Gasteiger partial charge in [0.1, 0.15) is 11.6 Å². The van der Waals surface area contributed by atoms with Crippen LogP contribution in [0, 0.1) is 11.6 Å². The highest BCUT2D eigenvalue weighted by molar-refractivity contribution is 5.82. The summed E-state index contributed by atoms with van der Waals surface area (Å²) in [6.45, 7) is 3.69. The number of nitrogens with zero attached hydrogens (tertiary/aromatic N) is 2. The fourth-order valence-electron chi connectivity index (χ4n) is 2.73. The van der Waals surface area contributed by atoms with Crippen molar-refractivity contribution in [1.82, 2.24) is 0 Å². The summed E-state index contributed by atoms with van der Waals surface area (Å²) in [5.74, 6) is -1.08. The van der Waals surface area contributed by atoms with Gasteiger partial charge >= 0.3 is 0 Å². The Kier molecular flexibility index (Phi) is 3.78. The van der Waals surface area contributed by atoms with Crippen LogP contribution in [-0.2, 0) is 0 Å². The van der Waals surface area contributed by atoms with Crippen LogP contribution in [0.1, 0.15) is 19.8 Å². The van der Waals surface area contributed by atoms with Crippen molar-refractivity contribution in [2.24, 2.45) is 0 Å². The van der Waals surface area contributed by atoms with Gasteiger partial charge in [0.15, 0.2) is 0 Å². The molecular weight excluding hydrogens is 270 g/mol. The fourth-order valence-corrected chi connectivity index (χ4v) is 2.73. The second-order valence-corrected chi connectivity index (χ2v) is 5.27. The first-order valence-corrected chi connectivity index (χ1v) is 7.27. The number of halogens is 2. The number of fused-ring (bicyclic) bond motifs is 1. The SMILES string of the molecule is CCCCN1CN(c2ccc(F)cc2F)c2ccccc21. The normalized spacial score (nSPS) is 13.7. The van der Waals surface area contributed by atoms with Crippen LogP contribution in [0.2, 0.25) is 0 Å². The number of hydrogen-bond acceptors (Lipinski definition) is 2. The minimum atomic E-state index is -0.549. The summed E-state index contributed by atoms with van der Waals surface area (Å²) in [6.07, 6.45) is 2.21. The molecule has 1 aliphatic heterocycles. The van der Waals surface area contributed by atoms with E-state index in [0.29, 0.717) is 12.4 Å². The van der Waals surface area contributed by atoms with Gasteiger partial charge < -0.3 is 9.80 Å². The first kappa shape index (κ1) is 13.9. The average molecular weight is 288 g/mol. The first-order chi connectivity index (χ1) is 10.2. The summed E-state index contributed by atoms with van der Waals surface area (Å²) in [6, 6.07) is 11.7. The summed E-state index contributed by atoms with van der Waals surface area (Å²) in [7, 11) is 0. The lowest BCUT2D eigenvalue weighted by atomic mass is 10.2. The van der Waals surface area contributed by atoms with E-state index in [1.807, 2.05) is 29.2 Å². The summed E-state index contributed by atoms with van der Waals surface area (Å²) >= 11 is 0. The molecular formula is C17H18F2N2. The number of rotatable bonds is 4. The van der Waals surface area contributed by atoms with Crippen LogP contribution >= 0.6 is 0 Å². The molecule has 3 rings (SSSR count). The Balaban J connectivity index is 1.97. The molecule has 4 heteroatoms. The molecule has 0 aliphatic carbocycles. The van der Waals surface area contributed by atoms with E-state index in [1.165, 1.54) is 12.1 Å². The molecule has 0 N–H and O–H groups in total. The predicted molar refractivity (Wildman–Crippen MR) is 82.1 cm³/mol. The zero-order valence-corrected chi connectivity index (χ0v) is 12.0. The second kappa shape index (κ2) is 5.72.